The number of hydrogen-bond acceptors (Lipinski definition) is 4. The van der Waals surface area contributed by atoms with Gasteiger partial charge in [-0.1, -0.05) is 0 Å². The van der Waals surface area contributed by atoms with Crippen molar-refractivity contribution in [2.24, 2.45) is 0 Å². The Morgan fingerprint density at radius 3 is 3.00 bits per heavy atom. The molecule has 2 aromatic heterocycles. The molecule has 3 rings (SSSR count). The first-order valence-corrected chi connectivity index (χ1v) is 7.33. The molecular weight excluding hydrogens is 287 g/mol. The molecule has 0 aliphatic heterocycles. The van der Waals surface area contributed by atoms with E-state index in [1.54, 1.807) is 17.4 Å². The molecule has 2 heterocycles. The van der Waals surface area contributed by atoms with Crippen molar-refractivity contribution in [2.75, 3.05) is 5.32 Å². The molecule has 0 aliphatic carbocycles. The zero-order chi connectivity index (χ0) is 15.0. The predicted octanol–water partition coefficient (Wildman–Crippen LogP) is 3.64. The van der Waals surface area contributed by atoms with Crippen LogP contribution in [0.25, 0.3) is 4.96 Å². The Labute approximate surface area is 125 Å². The molecular formula is C15H13FN4S. The monoisotopic (exact) mass is 300 g/mol. The minimum atomic E-state index is -0.409. The van der Waals surface area contributed by atoms with Gasteiger partial charge in [0.1, 0.15) is 11.9 Å². The largest absolute Gasteiger partial charge is 0.378 e. The van der Waals surface area contributed by atoms with E-state index in [1.165, 1.54) is 12.1 Å². The first-order valence-electron chi connectivity index (χ1n) is 6.45. The second-order valence-electron chi connectivity index (χ2n) is 4.79. The number of aryl methyl sites for hydroxylation is 2. The second-order valence-corrected chi connectivity index (χ2v) is 5.63. The Balaban J connectivity index is 1.92. The molecule has 0 radical (unpaired) electrons. The summed E-state index contributed by atoms with van der Waals surface area (Å²) >= 11 is 1.60. The summed E-state index contributed by atoms with van der Waals surface area (Å²) in [5, 5.41) is 14.3. The topological polar surface area (TPSA) is 53.1 Å². The molecule has 0 saturated heterocycles. The fourth-order valence-corrected chi connectivity index (χ4v) is 3.25. The highest BCUT2D eigenvalue weighted by Gasteiger charge is 2.12. The lowest BCUT2D eigenvalue weighted by Gasteiger charge is -2.09. The molecule has 0 aliphatic rings. The Morgan fingerprint density at radius 2 is 2.24 bits per heavy atom. The quantitative estimate of drug-likeness (QED) is 0.803. The van der Waals surface area contributed by atoms with Gasteiger partial charge in [0.15, 0.2) is 4.96 Å². The molecule has 1 N–H and O–H groups in total. The lowest BCUT2D eigenvalue weighted by molar-refractivity contribution is 0.627. The van der Waals surface area contributed by atoms with Gasteiger partial charge in [-0.2, -0.15) is 5.26 Å². The van der Waals surface area contributed by atoms with Crippen molar-refractivity contribution in [2.45, 2.75) is 20.4 Å². The third-order valence-electron chi connectivity index (χ3n) is 3.38. The van der Waals surface area contributed by atoms with Crippen molar-refractivity contribution < 1.29 is 4.39 Å². The lowest BCUT2D eigenvalue weighted by atomic mass is 10.2. The summed E-state index contributed by atoms with van der Waals surface area (Å²) in [6, 6.07) is 6.17. The van der Waals surface area contributed by atoms with Crippen molar-refractivity contribution in [3.63, 3.8) is 0 Å². The minimum Gasteiger partial charge on any atom is -0.378 e. The van der Waals surface area contributed by atoms with Crippen LogP contribution in [0.5, 0.6) is 0 Å². The zero-order valence-electron chi connectivity index (χ0n) is 11.6. The maximum absolute atomic E-state index is 13.1. The first-order chi connectivity index (χ1) is 10.1. The molecule has 0 spiro atoms. The molecule has 3 aromatic rings. The molecule has 0 unspecified atom stereocenters. The van der Waals surface area contributed by atoms with Crippen LogP contribution in [-0.4, -0.2) is 9.38 Å². The van der Waals surface area contributed by atoms with Crippen molar-refractivity contribution >= 4 is 22.0 Å². The van der Waals surface area contributed by atoms with Crippen molar-refractivity contribution in [1.82, 2.24) is 9.38 Å². The van der Waals surface area contributed by atoms with Crippen LogP contribution in [0.4, 0.5) is 10.1 Å². The van der Waals surface area contributed by atoms with Crippen LogP contribution in [-0.2, 0) is 6.54 Å². The van der Waals surface area contributed by atoms with E-state index in [0.29, 0.717) is 17.8 Å². The number of nitrogens with one attached hydrogen (secondary N) is 1. The summed E-state index contributed by atoms with van der Waals surface area (Å²) < 4.78 is 15.2. The molecule has 0 fully saturated rings. The Bertz CT molecular complexity index is 857. The number of thiazole rings is 1. The Morgan fingerprint density at radius 1 is 1.43 bits per heavy atom. The van der Waals surface area contributed by atoms with Crippen LogP contribution in [0.3, 0.4) is 0 Å². The zero-order valence-corrected chi connectivity index (χ0v) is 12.5. The average molecular weight is 300 g/mol. The molecule has 4 nitrogen and oxygen atoms in total. The van der Waals surface area contributed by atoms with Gasteiger partial charge in [-0.05, 0) is 32.0 Å². The smallest absolute Gasteiger partial charge is 0.194 e. The van der Waals surface area contributed by atoms with Crippen LogP contribution in [0.15, 0.2) is 23.6 Å². The highest BCUT2D eigenvalue weighted by molar-refractivity contribution is 7.15. The van der Waals surface area contributed by atoms with Gasteiger partial charge < -0.3 is 5.32 Å². The fraction of sp³-hybridized carbons (Fsp3) is 0.200. The van der Waals surface area contributed by atoms with Gasteiger partial charge in [-0.25, -0.2) is 9.37 Å². The summed E-state index contributed by atoms with van der Waals surface area (Å²) in [5.74, 6) is -0.409. The minimum absolute atomic E-state index is 0.301. The standard InChI is InChI=1S/C15H13FN4S/c1-9-8-21-15-19-10(2)14(20(9)15)7-18-13-4-3-12(16)5-11(13)6-17/h3-5,8,18H,7H2,1-2H3. The normalized spacial score (nSPS) is 10.8. The highest BCUT2D eigenvalue weighted by atomic mass is 32.1. The van der Waals surface area contributed by atoms with E-state index in [1.807, 2.05) is 19.9 Å². The SMILES string of the molecule is Cc1nc2scc(C)n2c1CNc1ccc(F)cc1C#N. The van der Waals surface area contributed by atoms with Gasteiger partial charge in [0.2, 0.25) is 0 Å². The van der Waals surface area contributed by atoms with Crippen LogP contribution in [0.2, 0.25) is 0 Å². The molecule has 21 heavy (non-hydrogen) atoms. The van der Waals surface area contributed by atoms with Gasteiger partial charge in [-0.15, -0.1) is 11.3 Å². The van der Waals surface area contributed by atoms with E-state index in [2.05, 4.69) is 20.1 Å². The molecule has 0 amide bonds. The number of nitrogens with zero attached hydrogens (tertiary/aromatic N) is 3. The number of aromatic nitrogens is 2. The first kappa shape index (κ1) is 13.6. The number of benzene rings is 1. The van der Waals surface area contributed by atoms with E-state index in [0.717, 1.165) is 22.0 Å². The van der Waals surface area contributed by atoms with E-state index >= 15 is 0 Å². The summed E-state index contributed by atoms with van der Waals surface area (Å²) in [7, 11) is 0. The summed E-state index contributed by atoms with van der Waals surface area (Å²) in [6.45, 7) is 4.53. The average Bonchev–Trinajstić information content (AvgIpc) is 2.97. The van der Waals surface area contributed by atoms with Gasteiger partial charge >= 0.3 is 0 Å². The molecule has 1 aromatic carbocycles. The number of nitriles is 1. The molecule has 0 bridgehead atoms. The van der Waals surface area contributed by atoms with Crippen LogP contribution in [0.1, 0.15) is 22.6 Å². The maximum atomic E-state index is 13.1. The van der Waals surface area contributed by atoms with Crippen molar-refractivity contribution in [3.8, 4) is 6.07 Å². The van der Waals surface area contributed by atoms with Gasteiger partial charge in [0.05, 0.1) is 29.2 Å². The molecule has 106 valence electrons. The van der Waals surface area contributed by atoms with Crippen molar-refractivity contribution in [1.29, 1.82) is 5.26 Å². The number of halogens is 1. The van der Waals surface area contributed by atoms with Gasteiger partial charge in [0.25, 0.3) is 0 Å². The Hall–Kier alpha value is -2.39. The third-order valence-corrected chi connectivity index (χ3v) is 4.32. The van der Waals surface area contributed by atoms with Crippen LogP contribution >= 0.6 is 11.3 Å². The number of hydrogen-bond donors (Lipinski definition) is 1. The highest BCUT2D eigenvalue weighted by Crippen LogP contribution is 2.22. The number of rotatable bonds is 3. The predicted molar refractivity (Wildman–Crippen MR) is 81.0 cm³/mol. The van der Waals surface area contributed by atoms with E-state index in [9.17, 15) is 4.39 Å². The number of fused-ring (bicyclic) bond motifs is 1. The van der Waals surface area contributed by atoms with E-state index < -0.39 is 5.82 Å². The lowest BCUT2D eigenvalue weighted by Crippen LogP contribution is -2.06. The van der Waals surface area contributed by atoms with Gasteiger partial charge in [0, 0.05) is 11.1 Å². The summed E-state index contributed by atoms with van der Waals surface area (Å²) in [4.78, 5) is 5.48. The van der Waals surface area contributed by atoms with Crippen molar-refractivity contribution in [3.05, 3.63) is 52.0 Å². The Kier molecular flexibility index (Phi) is 3.35. The maximum Gasteiger partial charge on any atom is 0.194 e. The fourth-order valence-electron chi connectivity index (χ4n) is 2.32. The summed E-state index contributed by atoms with van der Waals surface area (Å²) in [5.41, 5.74) is 4.07. The van der Waals surface area contributed by atoms with Crippen LogP contribution < -0.4 is 5.32 Å². The molecule has 0 saturated carbocycles. The second kappa shape index (κ2) is 5.19. The molecule has 6 heteroatoms. The molecule has 0 atom stereocenters. The van der Waals surface area contributed by atoms with Gasteiger partial charge in [-0.3, -0.25) is 4.40 Å². The van der Waals surface area contributed by atoms with Crippen LogP contribution in [0, 0.1) is 31.0 Å². The number of imidazole rings is 1. The van der Waals surface area contributed by atoms with E-state index in [4.69, 9.17) is 5.26 Å². The summed E-state index contributed by atoms with van der Waals surface area (Å²) in [6.07, 6.45) is 0. The number of anilines is 1. The van der Waals surface area contributed by atoms with E-state index in [-0.39, 0.29) is 0 Å². The third kappa shape index (κ3) is 2.36.